The zero-order chi connectivity index (χ0) is 17.7. The number of rotatable bonds is 6. The van der Waals surface area contributed by atoms with Gasteiger partial charge in [0.2, 0.25) is 0 Å². The highest BCUT2D eigenvalue weighted by atomic mass is 79.9. The standard InChI is InChI=1S/C17H15BrClNO4/c18-13-7-6-12(19)8-11(13)9-14(17(23)24)20-16(22)15(21)10-4-2-1-3-5-10/h1-8,14-15,21H,9H2,(H,20,22)(H,23,24)/t14-,15-/m0/s1. The average molecular weight is 413 g/mol. The van der Waals surface area contributed by atoms with Gasteiger partial charge in [0, 0.05) is 15.9 Å². The topological polar surface area (TPSA) is 86.6 Å². The summed E-state index contributed by atoms with van der Waals surface area (Å²) in [5.74, 6) is -1.97. The molecule has 0 spiro atoms. The summed E-state index contributed by atoms with van der Waals surface area (Å²) < 4.78 is 0.691. The van der Waals surface area contributed by atoms with Gasteiger partial charge in [-0.25, -0.2) is 4.79 Å². The van der Waals surface area contributed by atoms with Gasteiger partial charge < -0.3 is 15.5 Å². The van der Waals surface area contributed by atoms with Gasteiger partial charge in [0.25, 0.3) is 5.91 Å². The summed E-state index contributed by atoms with van der Waals surface area (Å²) >= 11 is 9.25. The van der Waals surface area contributed by atoms with Gasteiger partial charge in [-0.05, 0) is 29.3 Å². The summed E-state index contributed by atoms with van der Waals surface area (Å²) in [6.07, 6.45) is -1.40. The van der Waals surface area contributed by atoms with E-state index in [0.29, 0.717) is 20.6 Å². The number of nitrogens with one attached hydrogen (secondary N) is 1. The first-order chi connectivity index (χ1) is 11.4. The monoisotopic (exact) mass is 411 g/mol. The summed E-state index contributed by atoms with van der Waals surface area (Å²) in [6, 6.07) is 12.1. The lowest BCUT2D eigenvalue weighted by Gasteiger charge is -2.18. The second-order valence-corrected chi connectivity index (χ2v) is 6.44. The number of amides is 1. The lowest BCUT2D eigenvalue weighted by Crippen LogP contribution is -2.44. The van der Waals surface area contributed by atoms with Crippen LogP contribution in [0.3, 0.4) is 0 Å². The second-order valence-electron chi connectivity index (χ2n) is 5.15. The number of benzene rings is 2. The Labute approximate surface area is 152 Å². The molecule has 0 radical (unpaired) electrons. The summed E-state index contributed by atoms with van der Waals surface area (Å²) in [5.41, 5.74) is 1.03. The number of hydrogen-bond donors (Lipinski definition) is 3. The molecule has 5 nitrogen and oxygen atoms in total. The average Bonchev–Trinajstić information content (AvgIpc) is 2.57. The Bertz CT molecular complexity index is 739. The number of aliphatic hydroxyl groups excluding tert-OH is 1. The van der Waals surface area contributed by atoms with Crippen LogP contribution >= 0.6 is 27.5 Å². The van der Waals surface area contributed by atoms with Gasteiger partial charge in [0.15, 0.2) is 6.10 Å². The Balaban J connectivity index is 2.12. The molecule has 0 aromatic heterocycles. The maximum Gasteiger partial charge on any atom is 0.326 e. The lowest BCUT2D eigenvalue weighted by molar-refractivity contribution is -0.143. The first-order valence-electron chi connectivity index (χ1n) is 7.08. The molecule has 0 aliphatic carbocycles. The first kappa shape index (κ1) is 18.4. The van der Waals surface area contributed by atoms with E-state index in [-0.39, 0.29) is 6.42 Å². The lowest BCUT2D eigenvalue weighted by atomic mass is 10.0. The van der Waals surface area contributed by atoms with Crippen LogP contribution in [-0.2, 0) is 16.0 Å². The molecule has 0 saturated carbocycles. The third-order valence-electron chi connectivity index (χ3n) is 3.41. The summed E-state index contributed by atoms with van der Waals surface area (Å²) in [7, 11) is 0. The molecule has 0 fully saturated rings. The number of aliphatic hydroxyl groups is 1. The van der Waals surface area contributed by atoms with Gasteiger partial charge in [0.05, 0.1) is 0 Å². The molecular formula is C17H15BrClNO4. The minimum Gasteiger partial charge on any atom is -0.480 e. The minimum atomic E-state index is -1.43. The maximum atomic E-state index is 12.1. The Morgan fingerprint density at radius 1 is 1.17 bits per heavy atom. The quantitative estimate of drug-likeness (QED) is 0.681. The van der Waals surface area contributed by atoms with Crippen LogP contribution in [0.1, 0.15) is 17.2 Å². The zero-order valence-corrected chi connectivity index (χ0v) is 14.8. The van der Waals surface area contributed by atoms with Crippen LogP contribution in [0.15, 0.2) is 53.0 Å². The van der Waals surface area contributed by atoms with E-state index < -0.39 is 24.0 Å². The fourth-order valence-electron chi connectivity index (χ4n) is 2.16. The molecule has 2 aromatic rings. The van der Waals surface area contributed by atoms with Crippen molar-refractivity contribution in [3.8, 4) is 0 Å². The first-order valence-corrected chi connectivity index (χ1v) is 8.25. The molecule has 0 saturated heterocycles. The Morgan fingerprint density at radius 2 is 1.83 bits per heavy atom. The van der Waals surface area contributed by atoms with Crippen molar-refractivity contribution in [2.24, 2.45) is 0 Å². The third kappa shape index (κ3) is 4.80. The summed E-state index contributed by atoms with van der Waals surface area (Å²) in [4.78, 5) is 23.6. The SMILES string of the molecule is O=C(O)[C@H](Cc1cc(Cl)ccc1Br)NC(=O)[C@@H](O)c1ccccc1. The van der Waals surface area contributed by atoms with E-state index in [1.165, 1.54) is 0 Å². The van der Waals surface area contributed by atoms with Crippen LogP contribution in [0.25, 0.3) is 0 Å². The highest BCUT2D eigenvalue weighted by Gasteiger charge is 2.25. The molecule has 3 N–H and O–H groups in total. The van der Waals surface area contributed by atoms with E-state index in [4.69, 9.17) is 11.6 Å². The normalized spacial score (nSPS) is 13.1. The van der Waals surface area contributed by atoms with Crippen LogP contribution in [0.5, 0.6) is 0 Å². The number of hydrogen-bond acceptors (Lipinski definition) is 3. The van der Waals surface area contributed by atoms with Gasteiger partial charge in [-0.15, -0.1) is 0 Å². The number of carboxylic acid groups (broad SMARTS) is 1. The fraction of sp³-hybridized carbons (Fsp3) is 0.176. The summed E-state index contributed by atoms with van der Waals surface area (Å²) in [6.45, 7) is 0. The Hall–Kier alpha value is -1.89. The number of carbonyl (C=O) groups excluding carboxylic acids is 1. The minimum absolute atomic E-state index is 0.0315. The van der Waals surface area contributed by atoms with Crippen molar-refractivity contribution in [2.45, 2.75) is 18.6 Å². The highest BCUT2D eigenvalue weighted by molar-refractivity contribution is 9.10. The molecule has 2 aromatic carbocycles. The molecule has 24 heavy (non-hydrogen) atoms. The molecular weight excluding hydrogens is 398 g/mol. The molecule has 0 unspecified atom stereocenters. The number of halogens is 2. The molecule has 2 rings (SSSR count). The van der Waals surface area contributed by atoms with Crippen LogP contribution in [0.4, 0.5) is 0 Å². The van der Waals surface area contributed by atoms with E-state index >= 15 is 0 Å². The van der Waals surface area contributed by atoms with Crippen molar-refractivity contribution in [3.63, 3.8) is 0 Å². The van der Waals surface area contributed by atoms with Crippen molar-refractivity contribution in [3.05, 3.63) is 69.2 Å². The number of aliphatic carboxylic acids is 1. The molecule has 0 aliphatic heterocycles. The molecule has 0 bridgehead atoms. The van der Waals surface area contributed by atoms with E-state index in [1.807, 2.05) is 0 Å². The van der Waals surface area contributed by atoms with Gasteiger partial charge in [-0.2, -0.15) is 0 Å². The van der Waals surface area contributed by atoms with Crippen LogP contribution in [-0.4, -0.2) is 28.1 Å². The van der Waals surface area contributed by atoms with Gasteiger partial charge in [0.1, 0.15) is 6.04 Å². The van der Waals surface area contributed by atoms with Crippen LogP contribution < -0.4 is 5.32 Å². The number of carboxylic acids is 1. The Morgan fingerprint density at radius 3 is 2.46 bits per heavy atom. The molecule has 2 atom stereocenters. The maximum absolute atomic E-state index is 12.1. The molecule has 1 amide bonds. The van der Waals surface area contributed by atoms with Crippen molar-refractivity contribution in [2.75, 3.05) is 0 Å². The fourth-order valence-corrected chi connectivity index (χ4v) is 2.76. The van der Waals surface area contributed by atoms with Crippen molar-refractivity contribution in [1.82, 2.24) is 5.32 Å². The smallest absolute Gasteiger partial charge is 0.326 e. The number of carbonyl (C=O) groups is 2. The molecule has 7 heteroatoms. The molecule has 126 valence electrons. The van der Waals surface area contributed by atoms with Gasteiger partial charge in [-0.1, -0.05) is 57.9 Å². The zero-order valence-electron chi connectivity index (χ0n) is 12.4. The van der Waals surface area contributed by atoms with Gasteiger partial charge >= 0.3 is 5.97 Å². The van der Waals surface area contributed by atoms with Crippen molar-refractivity contribution >= 4 is 39.4 Å². The molecule has 0 heterocycles. The van der Waals surface area contributed by atoms with E-state index in [9.17, 15) is 19.8 Å². The predicted octanol–water partition coefficient (Wildman–Crippen LogP) is 2.95. The van der Waals surface area contributed by atoms with E-state index in [2.05, 4.69) is 21.2 Å². The van der Waals surface area contributed by atoms with Crippen molar-refractivity contribution in [1.29, 1.82) is 0 Å². The Kier molecular flexibility index (Phi) is 6.36. The third-order valence-corrected chi connectivity index (χ3v) is 4.42. The summed E-state index contributed by atoms with van der Waals surface area (Å²) in [5, 5.41) is 22.2. The second kappa shape index (κ2) is 8.28. The van der Waals surface area contributed by atoms with E-state index in [0.717, 1.165) is 0 Å². The largest absolute Gasteiger partial charge is 0.480 e. The van der Waals surface area contributed by atoms with E-state index in [1.54, 1.807) is 48.5 Å². The predicted molar refractivity (Wildman–Crippen MR) is 93.8 cm³/mol. The van der Waals surface area contributed by atoms with Crippen LogP contribution in [0.2, 0.25) is 5.02 Å². The van der Waals surface area contributed by atoms with Gasteiger partial charge in [-0.3, -0.25) is 4.79 Å². The van der Waals surface area contributed by atoms with Crippen LogP contribution in [0, 0.1) is 0 Å². The highest BCUT2D eigenvalue weighted by Crippen LogP contribution is 2.23. The van der Waals surface area contributed by atoms with Crippen molar-refractivity contribution < 1.29 is 19.8 Å². The molecule has 0 aliphatic rings.